The van der Waals surface area contributed by atoms with Crippen LogP contribution in [0, 0.1) is 0 Å². The molecule has 0 aliphatic rings. The van der Waals surface area contributed by atoms with Gasteiger partial charge in [0.15, 0.2) is 12.1 Å². The maximum atomic E-state index is 12.5. The van der Waals surface area contributed by atoms with Gasteiger partial charge in [-0.3, -0.25) is 4.48 Å². The molecule has 0 saturated heterocycles. The number of allylic oxidation sites excluding steroid dienone is 2. The lowest BCUT2D eigenvalue weighted by molar-refractivity contribution is -0.975. The van der Waals surface area contributed by atoms with Crippen molar-refractivity contribution in [1.29, 1.82) is 0 Å². The Morgan fingerprint density at radius 3 is 1.43 bits per heavy atom. The molecule has 0 aromatic carbocycles. The summed E-state index contributed by atoms with van der Waals surface area (Å²) in [5, 5.41) is 32.8. The van der Waals surface area contributed by atoms with Crippen LogP contribution in [-0.2, 0) is 14.4 Å². The first-order valence-electron chi connectivity index (χ1n) is 14.9. The van der Waals surface area contributed by atoms with E-state index < -0.39 is 40.5 Å². The summed E-state index contributed by atoms with van der Waals surface area (Å²) < 4.78 is -0.464. The molecule has 0 amide bonds. The van der Waals surface area contributed by atoms with E-state index in [2.05, 4.69) is 19.1 Å². The molecule has 3 unspecified atom stereocenters. The molecular formula is C30H55NO6. The number of carbonyl (C=O) groups excluding carboxylic acids is 1. The van der Waals surface area contributed by atoms with Crippen molar-refractivity contribution < 1.29 is 34.2 Å². The molecule has 37 heavy (non-hydrogen) atoms. The number of carboxylic acid groups (broad SMARTS) is 3. The Hall–Kier alpha value is -1.89. The van der Waals surface area contributed by atoms with E-state index in [4.69, 9.17) is 0 Å². The first-order chi connectivity index (χ1) is 17.7. The van der Waals surface area contributed by atoms with Gasteiger partial charge in [-0.1, -0.05) is 91.2 Å². The van der Waals surface area contributed by atoms with Crippen molar-refractivity contribution in [2.45, 2.75) is 155 Å². The quantitative estimate of drug-likeness (QED) is 0.0846. The van der Waals surface area contributed by atoms with Crippen LogP contribution in [0.2, 0.25) is 0 Å². The molecule has 2 N–H and O–H groups in total. The highest BCUT2D eigenvalue weighted by molar-refractivity contribution is 5.77. The third-order valence-corrected chi connectivity index (χ3v) is 7.58. The van der Waals surface area contributed by atoms with Crippen LogP contribution in [0.3, 0.4) is 0 Å². The molecule has 0 aliphatic heterocycles. The Bertz CT molecular complexity index is 603. The SMILES string of the molecule is CCCCCCCCCC/C=C/CCC[N+](C(CCC)C(=O)[O-])(C(CCC)C(=O)O)C(CCC)C(=O)O. The van der Waals surface area contributed by atoms with Crippen molar-refractivity contribution in [2.24, 2.45) is 0 Å². The van der Waals surface area contributed by atoms with Gasteiger partial charge in [0.05, 0.1) is 12.5 Å². The topological polar surface area (TPSA) is 115 Å². The van der Waals surface area contributed by atoms with Gasteiger partial charge in [0.2, 0.25) is 0 Å². The maximum absolute atomic E-state index is 12.5. The zero-order valence-corrected chi connectivity index (χ0v) is 24.1. The fourth-order valence-electron chi connectivity index (χ4n) is 5.75. The predicted octanol–water partition coefficient (Wildman–Crippen LogP) is 6.10. The summed E-state index contributed by atoms with van der Waals surface area (Å²) in [6, 6.07) is -3.38. The fraction of sp³-hybridized carbons (Fsp3) is 0.833. The molecule has 0 aromatic rings. The summed E-state index contributed by atoms with van der Waals surface area (Å²) in [5.74, 6) is -3.61. The average molecular weight is 526 g/mol. The summed E-state index contributed by atoms with van der Waals surface area (Å²) in [4.78, 5) is 37.4. The van der Waals surface area contributed by atoms with Crippen molar-refractivity contribution >= 4 is 17.9 Å². The second-order valence-electron chi connectivity index (χ2n) is 10.5. The van der Waals surface area contributed by atoms with E-state index >= 15 is 0 Å². The number of carboxylic acids is 3. The molecule has 7 nitrogen and oxygen atoms in total. The van der Waals surface area contributed by atoms with Crippen molar-refractivity contribution in [1.82, 2.24) is 0 Å². The van der Waals surface area contributed by atoms with Gasteiger partial charge in [0.1, 0.15) is 6.04 Å². The molecule has 0 radical (unpaired) electrons. The van der Waals surface area contributed by atoms with Crippen LogP contribution in [0.1, 0.15) is 137 Å². The number of unbranched alkanes of at least 4 members (excludes halogenated alkanes) is 9. The van der Waals surface area contributed by atoms with Crippen molar-refractivity contribution in [3.05, 3.63) is 12.2 Å². The highest BCUT2D eigenvalue weighted by atomic mass is 16.4. The zero-order valence-electron chi connectivity index (χ0n) is 24.1. The molecule has 3 atom stereocenters. The summed E-state index contributed by atoms with van der Waals surface area (Å²) >= 11 is 0. The Morgan fingerprint density at radius 1 is 0.622 bits per heavy atom. The van der Waals surface area contributed by atoms with E-state index in [9.17, 15) is 29.7 Å². The molecule has 0 bridgehead atoms. The van der Waals surface area contributed by atoms with Crippen LogP contribution in [-0.4, -0.2) is 57.3 Å². The Balaban J connectivity index is 5.55. The minimum absolute atomic E-state index is 0.189. The Morgan fingerprint density at radius 2 is 1.03 bits per heavy atom. The van der Waals surface area contributed by atoms with Gasteiger partial charge in [-0.2, -0.15) is 0 Å². The number of rotatable bonds is 25. The van der Waals surface area contributed by atoms with E-state index in [0.29, 0.717) is 32.1 Å². The van der Waals surface area contributed by atoms with E-state index in [-0.39, 0.29) is 25.8 Å². The number of carbonyl (C=O) groups is 3. The minimum Gasteiger partial charge on any atom is -0.544 e. The average Bonchev–Trinajstić information content (AvgIpc) is 2.85. The van der Waals surface area contributed by atoms with Gasteiger partial charge in [0, 0.05) is 25.7 Å². The van der Waals surface area contributed by atoms with E-state index in [1.54, 1.807) is 0 Å². The monoisotopic (exact) mass is 525 g/mol. The van der Waals surface area contributed by atoms with Crippen LogP contribution >= 0.6 is 0 Å². The molecule has 0 fully saturated rings. The highest BCUT2D eigenvalue weighted by Gasteiger charge is 2.54. The molecule has 0 rings (SSSR count). The van der Waals surface area contributed by atoms with Crippen LogP contribution in [0.25, 0.3) is 0 Å². The Kier molecular flexibility index (Phi) is 20.0. The van der Waals surface area contributed by atoms with Crippen molar-refractivity contribution in [3.8, 4) is 0 Å². The lowest BCUT2D eigenvalue weighted by atomic mass is 9.91. The molecular weight excluding hydrogens is 470 g/mol. The van der Waals surface area contributed by atoms with E-state index in [1.807, 2.05) is 20.8 Å². The molecule has 0 aliphatic carbocycles. The summed E-state index contributed by atoms with van der Waals surface area (Å²) in [6.45, 7) is 7.95. The van der Waals surface area contributed by atoms with Gasteiger partial charge in [0.25, 0.3) is 0 Å². The standard InChI is InChI=1S/C30H55NO6/c1-5-9-10-11-12-13-14-15-16-17-18-19-20-24-31(25(21-6-2)28(32)33,26(22-7-3)29(34)35)27(23-8-4)30(36)37/h17-18,25-27H,5-16,19-24H2,1-4H3,(H2-,32,33,34,35,36,37)/b18-17+. The molecule has 0 saturated carbocycles. The second kappa shape index (κ2) is 21.1. The van der Waals surface area contributed by atoms with E-state index in [1.165, 1.54) is 44.9 Å². The number of quaternary nitrogens is 1. The number of aliphatic carboxylic acids is 3. The van der Waals surface area contributed by atoms with Crippen molar-refractivity contribution in [2.75, 3.05) is 6.54 Å². The van der Waals surface area contributed by atoms with Crippen LogP contribution < -0.4 is 5.11 Å². The molecule has 216 valence electrons. The molecule has 0 spiro atoms. The minimum atomic E-state index is -1.35. The van der Waals surface area contributed by atoms with E-state index in [0.717, 1.165) is 12.8 Å². The maximum Gasteiger partial charge on any atom is 0.362 e. The summed E-state index contributed by atoms with van der Waals surface area (Å²) in [7, 11) is 0. The molecule has 0 aromatic heterocycles. The fourth-order valence-corrected chi connectivity index (χ4v) is 5.75. The third kappa shape index (κ3) is 12.5. The number of hydrogen-bond donors (Lipinski definition) is 2. The van der Waals surface area contributed by atoms with Gasteiger partial charge < -0.3 is 20.1 Å². The lowest BCUT2D eigenvalue weighted by Gasteiger charge is -2.52. The number of nitrogens with zero attached hydrogens (tertiary/aromatic N) is 1. The summed E-state index contributed by atoms with van der Waals surface area (Å²) in [6.07, 6.45) is 18.8. The largest absolute Gasteiger partial charge is 0.544 e. The molecule has 7 heteroatoms. The molecule has 0 heterocycles. The predicted molar refractivity (Wildman–Crippen MR) is 147 cm³/mol. The number of hydrogen-bond acceptors (Lipinski definition) is 4. The Labute approximate surface area is 225 Å². The first-order valence-corrected chi connectivity index (χ1v) is 14.9. The van der Waals surface area contributed by atoms with Gasteiger partial charge in [-0.15, -0.1) is 0 Å². The normalized spacial score (nSPS) is 15.8. The van der Waals surface area contributed by atoms with Crippen molar-refractivity contribution in [3.63, 3.8) is 0 Å². The highest BCUT2D eigenvalue weighted by Crippen LogP contribution is 2.34. The first kappa shape index (κ1) is 35.1. The summed E-state index contributed by atoms with van der Waals surface area (Å²) in [5.41, 5.74) is 0. The van der Waals surface area contributed by atoms with Gasteiger partial charge in [-0.25, -0.2) is 9.59 Å². The van der Waals surface area contributed by atoms with Crippen LogP contribution in [0.4, 0.5) is 0 Å². The third-order valence-electron chi connectivity index (χ3n) is 7.58. The lowest BCUT2D eigenvalue weighted by Crippen LogP contribution is -2.74. The van der Waals surface area contributed by atoms with Crippen LogP contribution in [0.15, 0.2) is 12.2 Å². The van der Waals surface area contributed by atoms with Gasteiger partial charge in [-0.05, 0) is 32.1 Å². The second-order valence-corrected chi connectivity index (χ2v) is 10.5. The smallest absolute Gasteiger partial charge is 0.362 e. The van der Waals surface area contributed by atoms with Gasteiger partial charge >= 0.3 is 11.9 Å². The van der Waals surface area contributed by atoms with Crippen LogP contribution in [0.5, 0.6) is 0 Å². The zero-order chi connectivity index (χ0) is 28.1.